The van der Waals surface area contributed by atoms with Crippen molar-refractivity contribution in [3.05, 3.63) is 76.2 Å². The van der Waals surface area contributed by atoms with Gasteiger partial charge in [0.2, 0.25) is 11.8 Å². The molecular weight excluding hydrogens is 434 g/mol. The first-order valence-electron chi connectivity index (χ1n) is 11.1. The maximum absolute atomic E-state index is 13.2. The van der Waals surface area contributed by atoms with Crippen molar-refractivity contribution in [3.63, 3.8) is 0 Å². The van der Waals surface area contributed by atoms with Gasteiger partial charge in [0.05, 0.1) is 12.8 Å². The second kappa shape index (κ2) is 9.19. The SMILES string of the molecule is COc1ccc(C2=NCC(=O)N(CC(=O)Nc3ccccc3)c3sc4c(c32)CCCC4)cc1. The molecule has 0 atom stereocenters. The van der Waals surface area contributed by atoms with E-state index < -0.39 is 0 Å². The first-order chi connectivity index (χ1) is 16.1. The van der Waals surface area contributed by atoms with Crippen molar-refractivity contribution < 1.29 is 14.3 Å². The summed E-state index contributed by atoms with van der Waals surface area (Å²) in [5, 5.41) is 3.73. The van der Waals surface area contributed by atoms with Crippen LogP contribution in [0, 0.1) is 0 Å². The smallest absolute Gasteiger partial charge is 0.249 e. The number of hydrogen-bond acceptors (Lipinski definition) is 5. The molecule has 0 radical (unpaired) electrons. The fourth-order valence-corrected chi connectivity index (χ4v) is 5.83. The van der Waals surface area contributed by atoms with Crippen LogP contribution in [0.5, 0.6) is 5.75 Å². The second-order valence-corrected chi connectivity index (χ2v) is 9.26. The first kappa shape index (κ1) is 21.4. The van der Waals surface area contributed by atoms with Crippen molar-refractivity contribution in [2.75, 3.05) is 30.4 Å². The molecule has 0 bridgehead atoms. The highest BCUT2D eigenvalue weighted by Gasteiger charge is 2.33. The van der Waals surface area contributed by atoms with Crippen LogP contribution in [0.4, 0.5) is 10.7 Å². The third kappa shape index (κ3) is 4.28. The molecule has 3 aromatic rings. The van der Waals surface area contributed by atoms with Crippen molar-refractivity contribution in [1.82, 2.24) is 0 Å². The summed E-state index contributed by atoms with van der Waals surface area (Å²) in [6, 6.07) is 17.1. The van der Waals surface area contributed by atoms with Gasteiger partial charge in [-0.05, 0) is 67.6 Å². The molecule has 6 nitrogen and oxygen atoms in total. The summed E-state index contributed by atoms with van der Waals surface area (Å²) in [5.41, 5.74) is 4.78. The van der Waals surface area contributed by atoms with Gasteiger partial charge in [-0.3, -0.25) is 19.5 Å². The quantitative estimate of drug-likeness (QED) is 0.612. The molecule has 0 spiro atoms. The van der Waals surface area contributed by atoms with Crippen LogP contribution in [0.25, 0.3) is 0 Å². The number of carbonyl (C=O) groups is 2. The number of hydrogen-bond donors (Lipinski definition) is 1. The van der Waals surface area contributed by atoms with E-state index in [0.717, 1.165) is 53.3 Å². The number of benzene rings is 2. The molecule has 7 heteroatoms. The molecular formula is C26H25N3O3S. The number of thiophene rings is 1. The Morgan fingerprint density at radius 2 is 1.85 bits per heavy atom. The molecule has 2 aliphatic rings. The van der Waals surface area contributed by atoms with E-state index in [1.807, 2.05) is 54.6 Å². The van der Waals surface area contributed by atoms with Gasteiger partial charge in [-0.2, -0.15) is 0 Å². The monoisotopic (exact) mass is 459 g/mol. The van der Waals surface area contributed by atoms with Gasteiger partial charge in [-0.1, -0.05) is 18.2 Å². The lowest BCUT2D eigenvalue weighted by Crippen LogP contribution is -2.38. The number of carbonyl (C=O) groups excluding carboxylic acids is 2. The standard InChI is InChI=1S/C26H25N3O3S/c1-32-19-13-11-17(12-14-19)25-24-20-9-5-6-10-21(20)33-26(24)29(23(31)15-27-25)16-22(30)28-18-7-3-2-4-8-18/h2-4,7-8,11-14H,5-6,9-10,15-16H2,1H3,(H,28,30). The largest absolute Gasteiger partial charge is 0.497 e. The van der Waals surface area contributed by atoms with Crippen LogP contribution in [0.2, 0.25) is 0 Å². The van der Waals surface area contributed by atoms with Crippen LogP contribution in [-0.4, -0.2) is 37.7 Å². The van der Waals surface area contributed by atoms with Gasteiger partial charge in [0, 0.05) is 21.7 Å². The number of amides is 2. The zero-order chi connectivity index (χ0) is 22.8. The Hall–Kier alpha value is -3.45. The first-order valence-corrected chi connectivity index (χ1v) is 11.9. The topological polar surface area (TPSA) is 71.0 Å². The zero-order valence-corrected chi connectivity index (χ0v) is 19.3. The second-order valence-electron chi connectivity index (χ2n) is 8.18. The summed E-state index contributed by atoms with van der Waals surface area (Å²) in [4.78, 5) is 33.7. The molecule has 1 aliphatic carbocycles. The van der Waals surface area contributed by atoms with Gasteiger partial charge in [-0.25, -0.2) is 0 Å². The molecule has 0 saturated carbocycles. The van der Waals surface area contributed by atoms with Gasteiger partial charge in [0.15, 0.2) is 0 Å². The molecule has 0 saturated heterocycles. The van der Waals surface area contributed by atoms with E-state index in [1.165, 1.54) is 10.4 Å². The predicted octanol–water partition coefficient (Wildman–Crippen LogP) is 4.46. The molecule has 2 heterocycles. The van der Waals surface area contributed by atoms with Crippen molar-refractivity contribution in [2.45, 2.75) is 25.7 Å². The third-order valence-electron chi connectivity index (χ3n) is 6.03. The Balaban J connectivity index is 1.53. The van der Waals surface area contributed by atoms with Crippen LogP contribution >= 0.6 is 11.3 Å². The number of nitrogens with one attached hydrogen (secondary N) is 1. The summed E-state index contributed by atoms with van der Waals surface area (Å²) < 4.78 is 5.31. The summed E-state index contributed by atoms with van der Waals surface area (Å²) in [7, 11) is 1.64. The maximum Gasteiger partial charge on any atom is 0.249 e. The average molecular weight is 460 g/mol. The number of anilines is 2. The lowest BCUT2D eigenvalue weighted by molar-refractivity contribution is -0.120. The van der Waals surface area contributed by atoms with E-state index in [-0.39, 0.29) is 24.9 Å². The normalized spacial score (nSPS) is 15.2. The van der Waals surface area contributed by atoms with E-state index in [2.05, 4.69) is 5.32 Å². The Labute approximate surface area is 196 Å². The Bertz CT molecular complexity index is 1220. The van der Waals surface area contributed by atoms with Crippen molar-refractivity contribution in [2.24, 2.45) is 4.99 Å². The minimum absolute atomic E-state index is 0.0101. The van der Waals surface area contributed by atoms with Crippen LogP contribution in [0.3, 0.4) is 0 Å². The Morgan fingerprint density at radius 3 is 2.61 bits per heavy atom. The fourth-order valence-electron chi connectivity index (χ4n) is 4.42. The predicted molar refractivity (Wildman–Crippen MR) is 132 cm³/mol. The van der Waals surface area contributed by atoms with Crippen LogP contribution in [-0.2, 0) is 22.4 Å². The highest BCUT2D eigenvalue weighted by Crippen LogP contribution is 2.42. The third-order valence-corrected chi connectivity index (χ3v) is 7.35. The zero-order valence-electron chi connectivity index (χ0n) is 18.5. The van der Waals surface area contributed by atoms with Gasteiger partial charge in [-0.15, -0.1) is 11.3 Å². The van der Waals surface area contributed by atoms with Crippen LogP contribution in [0.1, 0.15) is 34.4 Å². The molecule has 0 unspecified atom stereocenters. The van der Waals surface area contributed by atoms with E-state index in [1.54, 1.807) is 23.3 Å². The Morgan fingerprint density at radius 1 is 1.09 bits per heavy atom. The molecule has 1 aliphatic heterocycles. The van der Waals surface area contributed by atoms with E-state index in [0.29, 0.717) is 5.69 Å². The fraction of sp³-hybridized carbons (Fsp3) is 0.269. The lowest BCUT2D eigenvalue weighted by Gasteiger charge is -2.20. The van der Waals surface area contributed by atoms with Crippen LogP contribution in [0.15, 0.2) is 59.6 Å². The van der Waals surface area contributed by atoms with Gasteiger partial charge < -0.3 is 10.1 Å². The number of aryl methyl sites for hydroxylation is 1. The molecule has 33 heavy (non-hydrogen) atoms. The maximum atomic E-state index is 13.2. The lowest BCUT2D eigenvalue weighted by atomic mass is 9.91. The number of nitrogens with zero attached hydrogens (tertiary/aromatic N) is 2. The van der Waals surface area contributed by atoms with E-state index in [9.17, 15) is 9.59 Å². The number of aliphatic imine (C=N–C) groups is 1. The highest BCUT2D eigenvalue weighted by atomic mass is 32.1. The molecule has 0 fully saturated rings. The number of fused-ring (bicyclic) bond motifs is 3. The van der Waals surface area contributed by atoms with Crippen molar-refractivity contribution in [1.29, 1.82) is 0 Å². The Kier molecular flexibility index (Phi) is 5.96. The van der Waals surface area contributed by atoms with Crippen molar-refractivity contribution in [3.8, 4) is 5.75 Å². The summed E-state index contributed by atoms with van der Waals surface area (Å²) >= 11 is 1.64. The molecule has 168 valence electrons. The van der Waals surface area contributed by atoms with Crippen molar-refractivity contribution >= 4 is 39.6 Å². The summed E-state index contributed by atoms with van der Waals surface area (Å²) in [6.07, 6.45) is 4.23. The number of ether oxygens (including phenoxy) is 1. The van der Waals surface area contributed by atoms with Crippen LogP contribution < -0.4 is 15.0 Å². The molecule has 1 aromatic heterocycles. The average Bonchev–Trinajstić information content (AvgIpc) is 3.16. The molecule has 2 aromatic carbocycles. The minimum Gasteiger partial charge on any atom is -0.497 e. The van der Waals surface area contributed by atoms with Gasteiger partial charge in [0.1, 0.15) is 23.8 Å². The number of methoxy groups -OCH3 is 1. The highest BCUT2D eigenvalue weighted by molar-refractivity contribution is 7.17. The molecule has 5 rings (SSSR count). The minimum atomic E-state index is -0.222. The summed E-state index contributed by atoms with van der Waals surface area (Å²) in [5.74, 6) is 0.386. The molecule has 1 N–H and O–H groups in total. The number of rotatable bonds is 5. The summed E-state index contributed by atoms with van der Waals surface area (Å²) in [6.45, 7) is -0.0261. The van der Waals surface area contributed by atoms with Gasteiger partial charge >= 0.3 is 0 Å². The van der Waals surface area contributed by atoms with Gasteiger partial charge in [0.25, 0.3) is 0 Å². The van der Waals surface area contributed by atoms with E-state index >= 15 is 0 Å². The molecule has 2 amide bonds. The number of para-hydroxylation sites is 1. The van der Waals surface area contributed by atoms with E-state index in [4.69, 9.17) is 9.73 Å².